The Morgan fingerprint density at radius 2 is 1.67 bits per heavy atom. The van der Waals surface area contributed by atoms with Gasteiger partial charge >= 0.3 is 12.2 Å². The van der Waals surface area contributed by atoms with Gasteiger partial charge in [-0.05, 0) is 99.8 Å². The number of amides is 3. The van der Waals surface area contributed by atoms with Crippen LogP contribution in [0.5, 0.6) is 5.75 Å². The smallest absolute Gasteiger partial charge is 0.416 e. The zero-order chi connectivity index (χ0) is 38.2. The lowest BCUT2D eigenvalue weighted by Crippen LogP contribution is -2.48. The number of carbonyl (C=O) groups excluding carboxylic acids is 2. The molecule has 4 atom stereocenters. The molecule has 0 saturated heterocycles. The molecule has 11 nitrogen and oxygen atoms in total. The first-order valence-corrected chi connectivity index (χ1v) is 18.6. The zero-order valence-corrected chi connectivity index (χ0v) is 30.9. The van der Waals surface area contributed by atoms with Crippen LogP contribution in [0.3, 0.4) is 0 Å². The van der Waals surface area contributed by atoms with Crippen LogP contribution in [0.15, 0.2) is 71.6 Å². The summed E-state index contributed by atoms with van der Waals surface area (Å²) in [5, 5.41) is 15.7. The Morgan fingerprint density at radius 1 is 1.04 bits per heavy atom. The Hall–Kier alpha value is -3.89. The molecule has 3 amide bonds. The minimum Gasteiger partial charge on any atom is -0.490 e. The van der Waals surface area contributed by atoms with Crippen LogP contribution in [0.4, 0.5) is 29.3 Å². The lowest BCUT2D eigenvalue weighted by atomic mass is 10.0. The molecule has 0 fully saturated rings. The second-order valence-electron chi connectivity index (χ2n) is 12.9. The maximum absolute atomic E-state index is 14.4. The highest BCUT2D eigenvalue weighted by atomic mass is 35.5. The van der Waals surface area contributed by atoms with Gasteiger partial charge in [-0.1, -0.05) is 18.5 Å². The van der Waals surface area contributed by atoms with Gasteiger partial charge in [0, 0.05) is 49.1 Å². The summed E-state index contributed by atoms with van der Waals surface area (Å²) >= 11 is 5.97. The standard InChI is InChI=1S/C36H44ClF3N4O7S/c1-23-20-44(24(2)22-45)34(46)31-19-29(42-35(47)41-28-12-8-26(9-13-28)36(38,39)40)14-17-32(31)51-25(3)7-5-6-18-50-33(23)21-43(4)52(48,49)30-15-10-27(37)11-16-30/h8-17,19,23-25,33,45H,5-7,18,20-22H2,1-4H3,(H2,41,42,47)/t23-,24+,25+,33-/m1/s1. The van der Waals surface area contributed by atoms with Crippen LogP contribution < -0.4 is 15.4 Å². The van der Waals surface area contributed by atoms with Crippen molar-refractivity contribution < 1.29 is 45.8 Å². The number of halogens is 4. The number of hydrogen-bond acceptors (Lipinski definition) is 7. The quantitative estimate of drug-likeness (QED) is 0.222. The second-order valence-corrected chi connectivity index (χ2v) is 15.4. The number of urea groups is 1. The van der Waals surface area contributed by atoms with E-state index in [0.29, 0.717) is 24.5 Å². The second kappa shape index (κ2) is 17.8. The Balaban J connectivity index is 1.60. The van der Waals surface area contributed by atoms with Crippen LogP contribution >= 0.6 is 11.6 Å². The van der Waals surface area contributed by atoms with Gasteiger partial charge in [0.05, 0.1) is 40.9 Å². The van der Waals surface area contributed by atoms with Crippen LogP contribution in [-0.4, -0.2) is 86.3 Å². The monoisotopic (exact) mass is 768 g/mol. The van der Waals surface area contributed by atoms with Crippen LogP contribution in [0.25, 0.3) is 0 Å². The average molecular weight is 769 g/mol. The fourth-order valence-corrected chi connectivity index (χ4v) is 6.95. The molecule has 3 N–H and O–H groups in total. The van der Waals surface area contributed by atoms with Gasteiger partial charge in [-0.2, -0.15) is 17.5 Å². The molecule has 0 bridgehead atoms. The fraction of sp³-hybridized carbons (Fsp3) is 0.444. The number of aliphatic hydroxyl groups excluding tert-OH is 1. The Kier molecular flexibility index (Phi) is 14.0. The number of anilines is 2. The van der Waals surface area contributed by atoms with Crippen molar-refractivity contribution in [2.45, 2.75) is 69.4 Å². The third-order valence-electron chi connectivity index (χ3n) is 8.74. The number of nitrogens with zero attached hydrogens (tertiary/aromatic N) is 2. The third-order valence-corrected chi connectivity index (χ3v) is 10.8. The van der Waals surface area contributed by atoms with E-state index >= 15 is 0 Å². The highest BCUT2D eigenvalue weighted by Crippen LogP contribution is 2.31. The van der Waals surface area contributed by atoms with E-state index in [1.54, 1.807) is 13.0 Å². The van der Waals surface area contributed by atoms with E-state index in [0.717, 1.165) is 30.7 Å². The van der Waals surface area contributed by atoms with Gasteiger partial charge in [0.25, 0.3) is 5.91 Å². The van der Waals surface area contributed by atoms with E-state index in [9.17, 15) is 36.3 Å². The molecule has 4 rings (SSSR count). The maximum atomic E-state index is 14.4. The Bertz CT molecular complexity index is 1780. The number of sulfonamides is 1. The molecule has 16 heteroatoms. The molecule has 0 aliphatic carbocycles. The number of hydrogen-bond donors (Lipinski definition) is 3. The number of alkyl halides is 3. The highest BCUT2D eigenvalue weighted by Gasteiger charge is 2.33. The molecule has 0 aromatic heterocycles. The fourth-order valence-electron chi connectivity index (χ4n) is 5.64. The first kappa shape index (κ1) is 40.9. The Labute approximate surface area is 307 Å². The number of carbonyl (C=O) groups is 2. The van der Waals surface area contributed by atoms with Crippen LogP contribution in [0, 0.1) is 5.92 Å². The van der Waals surface area contributed by atoms with Crippen LogP contribution in [0.1, 0.15) is 56.0 Å². The number of rotatable bonds is 8. The van der Waals surface area contributed by atoms with Crippen molar-refractivity contribution in [2.24, 2.45) is 5.92 Å². The van der Waals surface area contributed by atoms with Gasteiger partial charge in [-0.15, -0.1) is 0 Å². The van der Waals surface area contributed by atoms with Gasteiger partial charge in [-0.25, -0.2) is 13.2 Å². The van der Waals surface area contributed by atoms with E-state index in [4.69, 9.17) is 21.1 Å². The van der Waals surface area contributed by atoms with E-state index < -0.39 is 51.8 Å². The molecule has 0 spiro atoms. The molecule has 284 valence electrons. The van der Waals surface area contributed by atoms with Crippen molar-refractivity contribution in [1.29, 1.82) is 0 Å². The zero-order valence-electron chi connectivity index (χ0n) is 29.3. The first-order valence-electron chi connectivity index (χ1n) is 16.8. The van der Waals surface area contributed by atoms with Crippen LogP contribution in [0.2, 0.25) is 5.02 Å². The minimum absolute atomic E-state index is 0.0140. The SMILES string of the molecule is C[C@@H]1CN([C@@H](C)CO)C(=O)c2cc(NC(=O)Nc3ccc(C(F)(F)F)cc3)ccc2O[C@@H](C)CCCCO[C@@H]1CN(C)S(=O)(=O)c1ccc(Cl)cc1. The van der Waals surface area contributed by atoms with Gasteiger partial charge in [-0.3, -0.25) is 4.79 Å². The molecule has 0 unspecified atom stereocenters. The molecule has 1 heterocycles. The summed E-state index contributed by atoms with van der Waals surface area (Å²) in [6.45, 7) is 5.40. The molecule has 52 heavy (non-hydrogen) atoms. The number of nitrogens with one attached hydrogen (secondary N) is 2. The number of benzene rings is 3. The molecular weight excluding hydrogens is 725 g/mol. The molecule has 1 aliphatic rings. The summed E-state index contributed by atoms with van der Waals surface area (Å²) in [4.78, 5) is 28.7. The van der Waals surface area contributed by atoms with Crippen LogP contribution in [-0.2, 0) is 20.9 Å². The van der Waals surface area contributed by atoms with E-state index in [2.05, 4.69) is 10.6 Å². The number of likely N-dealkylation sites (N-methyl/N-ethyl adjacent to an activating group) is 1. The van der Waals surface area contributed by atoms with Crippen molar-refractivity contribution in [3.8, 4) is 5.75 Å². The molecule has 3 aromatic rings. The largest absolute Gasteiger partial charge is 0.490 e. The van der Waals surface area contributed by atoms with Gasteiger partial charge in [0.2, 0.25) is 10.0 Å². The summed E-state index contributed by atoms with van der Waals surface area (Å²) < 4.78 is 79.4. The topological polar surface area (TPSA) is 138 Å². The summed E-state index contributed by atoms with van der Waals surface area (Å²) in [7, 11) is -2.44. The lowest BCUT2D eigenvalue weighted by Gasteiger charge is -2.35. The van der Waals surface area contributed by atoms with Gasteiger partial charge in [0.1, 0.15) is 5.75 Å². The Morgan fingerprint density at radius 3 is 2.31 bits per heavy atom. The van der Waals surface area contributed by atoms with Crippen molar-refractivity contribution in [1.82, 2.24) is 9.21 Å². The summed E-state index contributed by atoms with van der Waals surface area (Å²) in [6.07, 6.45) is -3.46. The van der Waals surface area contributed by atoms with Gasteiger partial charge in [0.15, 0.2) is 0 Å². The normalized spacial score (nSPS) is 20.0. The van der Waals surface area contributed by atoms with E-state index in [1.165, 1.54) is 52.7 Å². The minimum atomic E-state index is -4.52. The summed E-state index contributed by atoms with van der Waals surface area (Å²) in [6, 6.07) is 12.9. The summed E-state index contributed by atoms with van der Waals surface area (Å²) in [5.41, 5.74) is -0.434. The van der Waals surface area contributed by atoms with E-state index in [1.807, 2.05) is 13.8 Å². The number of ether oxygens (including phenoxy) is 2. The molecule has 0 saturated carbocycles. The lowest BCUT2D eigenvalue weighted by molar-refractivity contribution is -0.137. The first-order chi connectivity index (χ1) is 24.5. The highest BCUT2D eigenvalue weighted by molar-refractivity contribution is 7.89. The molecular formula is C36H44ClF3N4O7S. The maximum Gasteiger partial charge on any atom is 0.416 e. The molecule has 3 aromatic carbocycles. The van der Waals surface area contributed by atoms with Gasteiger partial charge < -0.3 is 30.1 Å². The molecule has 0 radical (unpaired) electrons. The predicted molar refractivity (Wildman–Crippen MR) is 192 cm³/mol. The average Bonchev–Trinajstić information content (AvgIpc) is 3.09. The van der Waals surface area contributed by atoms with E-state index in [-0.39, 0.29) is 53.4 Å². The van der Waals surface area contributed by atoms with Crippen molar-refractivity contribution >= 4 is 44.9 Å². The summed E-state index contributed by atoms with van der Waals surface area (Å²) in [5.74, 6) is -0.671. The van der Waals surface area contributed by atoms with Crippen molar-refractivity contribution in [3.63, 3.8) is 0 Å². The number of aliphatic hydroxyl groups is 1. The van der Waals surface area contributed by atoms with Crippen molar-refractivity contribution in [2.75, 3.05) is 44.0 Å². The third kappa shape index (κ3) is 10.8. The van der Waals surface area contributed by atoms with Crippen molar-refractivity contribution in [3.05, 3.63) is 82.9 Å². The predicted octanol–water partition coefficient (Wildman–Crippen LogP) is 7.12. The molecule has 1 aliphatic heterocycles. The number of fused-ring (bicyclic) bond motifs is 1.